The summed E-state index contributed by atoms with van der Waals surface area (Å²) in [6.45, 7) is 0. The van der Waals surface area contributed by atoms with Gasteiger partial charge in [0.25, 0.3) is 16.0 Å². The van der Waals surface area contributed by atoms with E-state index in [2.05, 4.69) is 20.8 Å². The van der Waals surface area contributed by atoms with Crippen molar-refractivity contribution >= 4 is 62.8 Å². The number of carbonyl (C=O) groups excluding carboxylic acids is 2. The summed E-state index contributed by atoms with van der Waals surface area (Å²) < 4.78 is 32.0. The lowest BCUT2D eigenvalue weighted by molar-refractivity contribution is -0.150. The van der Waals surface area contributed by atoms with Gasteiger partial charge in [0.2, 0.25) is 11.1 Å². The molecule has 2 aromatic rings. The van der Waals surface area contributed by atoms with Crippen molar-refractivity contribution in [1.82, 2.24) is 30.4 Å². The summed E-state index contributed by atoms with van der Waals surface area (Å²) >= 11 is 3.72. The second-order valence-corrected chi connectivity index (χ2v) is 11.4. The van der Waals surface area contributed by atoms with E-state index in [4.69, 9.17) is 4.55 Å². The number of thioether (sulfide) groups is 2. The molecular weight excluding hydrogens is 516 g/mol. The molecule has 2 atom stereocenters. The number of carboxylic acid groups (broad SMARTS) is 1. The number of amides is 2. The van der Waals surface area contributed by atoms with Crippen LogP contribution in [-0.2, 0) is 36.8 Å². The van der Waals surface area contributed by atoms with E-state index in [9.17, 15) is 27.9 Å². The first-order chi connectivity index (χ1) is 15.6. The zero-order chi connectivity index (χ0) is 23.8. The first kappa shape index (κ1) is 23.7. The number of carbonyl (C=O) groups is 3. The highest BCUT2D eigenvalue weighted by molar-refractivity contribution is 8.01. The second kappa shape index (κ2) is 9.41. The van der Waals surface area contributed by atoms with Crippen LogP contribution in [0.2, 0.25) is 0 Å². The number of aromatic nitrogens is 4. The minimum Gasteiger partial charge on any atom is -0.477 e. The zero-order valence-corrected chi connectivity index (χ0v) is 19.8. The molecule has 4 heterocycles. The maximum absolute atomic E-state index is 12.7. The standard InChI is InChI=1S/C16H16N6O7S4/c23-10(4-9-2-1-3-30-9)17-11-13(24)22-12(15(25)26)8(5-31-14(11)22)6-32-16-18-19-20-21(16)7-33(27,28)29/h1-3,11,14H,4-7H2,(H,17,23)(H,25,26)(H,27,28,29)/t11?,14-/m0/s1. The van der Waals surface area contributed by atoms with Crippen LogP contribution in [0.5, 0.6) is 0 Å². The Morgan fingerprint density at radius 3 is 2.82 bits per heavy atom. The number of thiophene rings is 1. The minimum atomic E-state index is -4.37. The highest BCUT2D eigenvalue weighted by Crippen LogP contribution is 2.41. The number of nitrogens with zero attached hydrogens (tertiary/aromatic N) is 5. The summed E-state index contributed by atoms with van der Waals surface area (Å²) in [7, 11) is -4.37. The van der Waals surface area contributed by atoms with Crippen LogP contribution in [0.4, 0.5) is 0 Å². The molecule has 0 radical (unpaired) electrons. The Labute approximate surface area is 199 Å². The van der Waals surface area contributed by atoms with Crippen molar-refractivity contribution in [3.8, 4) is 0 Å². The summed E-state index contributed by atoms with van der Waals surface area (Å²) in [5.41, 5.74) is 0.251. The van der Waals surface area contributed by atoms with Gasteiger partial charge in [-0.3, -0.25) is 19.0 Å². The summed E-state index contributed by atoms with van der Waals surface area (Å²) in [5.74, 6) is -2.61. The molecule has 0 aliphatic carbocycles. The molecule has 0 saturated carbocycles. The third kappa shape index (κ3) is 5.21. The van der Waals surface area contributed by atoms with E-state index < -0.39 is 39.3 Å². The van der Waals surface area contributed by atoms with Gasteiger partial charge in [0.1, 0.15) is 17.1 Å². The van der Waals surface area contributed by atoms with Gasteiger partial charge in [-0.05, 0) is 27.4 Å². The average Bonchev–Trinajstić information content (AvgIpc) is 3.40. The van der Waals surface area contributed by atoms with Crippen LogP contribution in [0.3, 0.4) is 0 Å². The molecule has 176 valence electrons. The van der Waals surface area contributed by atoms with Gasteiger partial charge in [-0.1, -0.05) is 17.8 Å². The smallest absolute Gasteiger partial charge is 0.352 e. The van der Waals surface area contributed by atoms with Crippen LogP contribution in [0.25, 0.3) is 0 Å². The molecule has 1 fully saturated rings. The Bertz CT molecular complexity index is 1230. The van der Waals surface area contributed by atoms with E-state index in [-0.39, 0.29) is 34.7 Å². The van der Waals surface area contributed by atoms with Gasteiger partial charge in [-0.15, -0.1) is 28.2 Å². The number of nitrogens with one attached hydrogen (secondary N) is 1. The number of hydrogen-bond donors (Lipinski definition) is 3. The van der Waals surface area contributed by atoms with Gasteiger partial charge in [0.05, 0.1) is 6.42 Å². The summed E-state index contributed by atoms with van der Waals surface area (Å²) in [4.78, 5) is 38.9. The zero-order valence-electron chi connectivity index (χ0n) is 16.5. The van der Waals surface area contributed by atoms with E-state index in [1.807, 2.05) is 17.5 Å². The number of aliphatic carboxylic acids is 1. The maximum atomic E-state index is 12.7. The van der Waals surface area contributed by atoms with Crippen LogP contribution >= 0.6 is 34.9 Å². The Hall–Kier alpha value is -2.47. The number of tetrazole rings is 1. The molecule has 0 bridgehead atoms. The minimum absolute atomic E-state index is 0.0608. The number of fused-ring (bicyclic) bond motifs is 1. The Kier molecular flexibility index (Phi) is 6.76. The van der Waals surface area contributed by atoms with Crippen LogP contribution in [0.1, 0.15) is 4.88 Å². The van der Waals surface area contributed by atoms with Gasteiger partial charge in [0, 0.05) is 16.4 Å². The highest BCUT2D eigenvalue weighted by atomic mass is 32.2. The van der Waals surface area contributed by atoms with Crippen molar-refractivity contribution in [2.45, 2.75) is 28.9 Å². The lowest BCUT2D eigenvalue weighted by atomic mass is 10.0. The van der Waals surface area contributed by atoms with Gasteiger partial charge in [-0.2, -0.15) is 8.42 Å². The molecule has 1 saturated heterocycles. The third-order valence-electron chi connectivity index (χ3n) is 4.64. The molecule has 1 unspecified atom stereocenters. The van der Waals surface area contributed by atoms with Crippen LogP contribution in [-0.4, -0.2) is 83.9 Å². The summed E-state index contributed by atoms with van der Waals surface area (Å²) in [6, 6.07) is 2.83. The van der Waals surface area contributed by atoms with Crippen molar-refractivity contribution < 1.29 is 32.5 Å². The van der Waals surface area contributed by atoms with Crippen LogP contribution in [0, 0.1) is 0 Å². The monoisotopic (exact) mass is 532 g/mol. The molecule has 0 spiro atoms. The van der Waals surface area contributed by atoms with E-state index in [0.717, 1.165) is 26.2 Å². The SMILES string of the molecule is O=C(Cc1cccs1)NC1C(=O)N2C(C(=O)O)=C(CSc3nnnn3CS(=O)(=O)O)CS[C@@H]12. The van der Waals surface area contributed by atoms with Gasteiger partial charge >= 0.3 is 5.97 Å². The fourth-order valence-corrected chi connectivity index (χ4v) is 6.91. The quantitative estimate of drug-likeness (QED) is 0.217. The fourth-order valence-electron chi connectivity index (χ4n) is 3.28. The number of carboxylic acids is 1. The van der Waals surface area contributed by atoms with E-state index in [1.165, 1.54) is 23.1 Å². The van der Waals surface area contributed by atoms with Gasteiger partial charge in [0.15, 0.2) is 5.88 Å². The lowest BCUT2D eigenvalue weighted by Gasteiger charge is -2.49. The molecule has 33 heavy (non-hydrogen) atoms. The molecule has 0 aromatic carbocycles. The molecular formula is C16H16N6O7S4. The second-order valence-electron chi connectivity index (χ2n) is 6.93. The van der Waals surface area contributed by atoms with E-state index in [1.54, 1.807) is 0 Å². The molecule has 2 aliphatic rings. The molecule has 4 rings (SSSR count). The van der Waals surface area contributed by atoms with E-state index in [0.29, 0.717) is 5.57 Å². The Morgan fingerprint density at radius 1 is 1.36 bits per heavy atom. The molecule has 2 aromatic heterocycles. The Morgan fingerprint density at radius 2 is 2.15 bits per heavy atom. The summed E-state index contributed by atoms with van der Waals surface area (Å²) in [5, 5.41) is 24.3. The largest absolute Gasteiger partial charge is 0.477 e. The molecule has 17 heteroatoms. The van der Waals surface area contributed by atoms with Crippen molar-refractivity contribution in [3.63, 3.8) is 0 Å². The normalized spacial score (nSPS) is 20.4. The number of hydrogen-bond acceptors (Lipinski definition) is 11. The van der Waals surface area contributed by atoms with Crippen LogP contribution in [0.15, 0.2) is 33.9 Å². The van der Waals surface area contributed by atoms with Crippen molar-refractivity contribution in [2.24, 2.45) is 0 Å². The van der Waals surface area contributed by atoms with Crippen molar-refractivity contribution in [2.75, 3.05) is 11.5 Å². The first-order valence-electron chi connectivity index (χ1n) is 9.20. The topological polar surface area (TPSA) is 185 Å². The molecule has 3 N–H and O–H groups in total. The molecule has 2 amide bonds. The Balaban J connectivity index is 1.44. The van der Waals surface area contributed by atoms with Gasteiger partial charge < -0.3 is 10.4 Å². The van der Waals surface area contributed by atoms with Crippen LogP contribution < -0.4 is 5.32 Å². The lowest BCUT2D eigenvalue weighted by Crippen LogP contribution is -2.70. The molecule has 2 aliphatic heterocycles. The number of β-lactam (4-membered cyclic amide) rings is 1. The summed E-state index contributed by atoms with van der Waals surface area (Å²) in [6.07, 6.45) is 0.140. The fraction of sp³-hybridized carbons (Fsp3) is 0.375. The van der Waals surface area contributed by atoms with E-state index >= 15 is 0 Å². The predicted molar refractivity (Wildman–Crippen MR) is 118 cm³/mol. The van der Waals surface area contributed by atoms with Crippen molar-refractivity contribution in [3.05, 3.63) is 33.7 Å². The first-order valence-corrected chi connectivity index (χ1v) is 13.7. The average molecular weight is 533 g/mol. The molecule has 13 nitrogen and oxygen atoms in total. The third-order valence-corrected chi connectivity index (χ3v) is 8.47. The maximum Gasteiger partial charge on any atom is 0.352 e. The number of rotatable bonds is 9. The van der Waals surface area contributed by atoms with Crippen molar-refractivity contribution in [1.29, 1.82) is 0 Å². The predicted octanol–water partition coefficient (Wildman–Crippen LogP) is -0.347. The highest BCUT2D eigenvalue weighted by Gasteiger charge is 2.54. The van der Waals surface area contributed by atoms with Gasteiger partial charge in [-0.25, -0.2) is 9.48 Å².